The minimum atomic E-state index is -6.40. The predicted molar refractivity (Wildman–Crippen MR) is 81.9 cm³/mol. The molecule has 5 nitrogen and oxygen atoms in total. The molecule has 1 aromatic carbocycles. The summed E-state index contributed by atoms with van der Waals surface area (Å²) in [6, 6.07) is 4.87. The van der Waals surface area contributed by atoms with Gasteiger partial charge < -0.3 is 4.90 Å². The largest absolute Gasteiger partial charge is 0.501 e. The third-order valence-corrected chi connectivity index (χ3v) is 5.48. The van der Waals surface area contributed by atoms with Crippen LogP contribution in [-0.4, -0.2) is 41.9 Å². The molecule has 0 aromatic heterocycles. The summed E-state index contributed by atoms with van der Waals surface area (Å²) >= 11 is 0. The third kappa shape index (κ3) is 4.90. The minimum Gasteiger partial charge on any atom is -0.378 e. The Labute approximate surface area is 145 Å². The normalized spacial score (nSPS) is 14.4. The lowest BCUT2D eigenvalue weighted by Gasteiger charge is -2.14. The average molecular weight is 423 g/mol. The van der Waals surface area contributed by atoms with Gasteiger partial charge in [0.25, 0.3) is 19.7 Å². The molecule has 146 valence electrons. The third-order valence-electron chi connectivity index (χ3n) is 2.84. The maximum atomic E-state index is 12.7. The first-order valence-corrected chi connectivity index (χ1v) is 9.35. The van der Waals surface area contributed by atoms with Gasteiger partial charge in [-0.15, -0.1) is 0 Å². The van der Waals surface area contributed by atoms with E-state index in [1.54, 1.807) is 19.0 Å². The lowest BCUT2D eigenvalue weighted by atomic mass is 10.2. The molecule has 0 aliphatic heterocycles. The van der Waals surface area contributed by atoms with E-state index >= 15 is 0 Å². The quantitative estimate of drug-likeness (QED) is 0.681. The first-order valence-electron chi connectivity index (χ1n) is 6.38. The van der Waals surface area contributed by atoms with Gasteiger partial charge in [0.05, 0.1) is 4.91 Å². The Kier molecular flexibility index (Phi) is 6.08. The van der Waals surface area contributed by atoms with Crippen molar-refractivity contribution in [3.8, 4) is 0 Å². The Morgan fingerprint density at radius 3 is 1.73 bits per heavy atom. The summed E-state index contributed by atoms with van der Waals surface area (Å²) in [5.41, 5.74) is -11.8. The zero-order valence-electron chi connectivity index (χ0n) is 13.1. The summed E-state index contributed by atoms with van der Waals surface area (Å²) in [6.45, 7) is 0. The number of nitrogens with zero attached hydrogens (tertiary/aromatic N) is 1. The molecule has 0 aliphatic carbocycles. The van der Waals surface area contributed by atoms with E-state index in [-0.39, 0.29) is 11.6 Å². The molecule has 0 bridgehead atoms. The van der Waals surface area contributed by atoms with Crippen molar-refractivity contribution in [1.29, 1.82) is 0 Å². The summed E-state index contributed by atoms with van der Waals surface area (Å²) < 4.78 is 120. The first kappa shape index (κ1) is 22.3. The number of hydrogen-bond acceptors (Lipinski definition) is 5. The van der Waals surface area contributed by atoms with E-state index in [2.05, 4.69) is 0 Å². The van der Waals surface area contributed by atoms with Crippen molar-refractivity contribution in [3.63, 3.8) is 0 Å². The highest BCUT2D eigenvalue weighted by molar-refractivity contribution is 8.00. The molecular formula is C13H11F6NO4S2. The number of alkyl halides is 6. The van der Waals surface area contributed by atoms with E-state index in [0.717, 1.165) is 12.1 Å². The second kappa shape index (κ2) is 7.10. The molecule has 0 fully saturated rings. The molecule has 0 atom stereocenters. The Morgan fingerprint density at radius 1 is 0.923 bits per heavy atom. The molecule has 13 heteroatoms. The highest BCUT2D eigenvalue weighted by Gasteiger charge is 2.53. The van der Waals surface area contributed by atoms with Gasteiger partial charge in [-0.05, 0) is 23.8 Å². The van der Waals surface area contributed by atoms with Gasteiger partial charge in [0.1, 0.15) is 0 Å². The monoisotopic (exact) mass is 423 g/mol. The lowest BCUT2D eigenvalue weighted by Crippen LogP contribution is -2.30. The molecule has 0 amide bonds. The van der Waals surface area contributed by atoms with Gasteiger partial charge in [-0.3, -0.25) is 0 Å². The average Bonchev–Trinajstić information content (AvgIpc) is 2.44. The van der Waals surface area contributed by atoms with Crippen LogP contribution in [0.2, 0.25) is 0 Å². The summed E-state index contributed by atoms with van der Waals surface area (Å²) in [5, 5.41) is 0. The second-order valence-corrected chi connectivity index (χ2v) is 8.58. The molecule has 0 heterocycles. The van der Waals surface area contributed by atoms with Gasteiger partial charge in [-0.25, -0.2) is 16.8 Å². The van der Waals surface area contributed by atoms with Crippen molar-refractivity contribution >= 4 is 31.4 Å². The molecular weight excluding hydrogens is 412 g/mol. The maximum Gasteiger partial charge on any atom is 0.501 e. The first-order chi connectivity index (χ1) is 11.5. The van der Waals surface area contributed by atoms with Gasteiger partial charge in [-0.2, -0.15) is 26.3 Å². The van der Waals surface area contributed by atoms with Gasteiger partial charge >= 0.3 is 11.0 Å². The number of halogens is 6. The van der Waals surface area contributed by atoms with Gasteiger partial charge in [0, 0.05) is 19.8 Å². The van der Waals surface area contributed by atoms with Crippen LogP contribution in [0.5, 0.6) is 0 Å². The SMILES string of the molecule is CN(C)c1ccc(C=C([C]S(=O)(=O)C(F)(F)F)S(=O)(=O)C(F)(F)F)cc1. The minimum absolute atomic E-state index is 0.144. The van der Waals surface area contributed by atoms with E-state index in [4.69, 9.17) is 0 Å². The van der Waals surface area contributed by atoms with Crippen LogP contribution in [0.3, 0.4) is 0 Å². The molecule has 1 rings (SSSR count). The fourth-order valence-corrected chi connectivity index (χ4v) is 3.24. The van der Waals surface area contributed by atoms with E-state index < -0.39 is 35.6 Å². The molecule has 0 saturated heterocycles. The van der Waals surface area contributed by atoms with Crippen LogP contribution < -0.4 is 4.90 Å². The van der Waals surface area contributed by atoms with E-state index in [1.165, 1.54) is 12.1 Å². The zero-order chi connectivity index (χ0) is 20.6. The highest BCUT2D eigenvalue weighted by atomic mass is 32.2. The number of rotatable bonds is 5. The molecule has 0 unspecified atom stereocenters. The van der Waals surface area contributed by atoms with Crippen molar-refractivity contribution in [2.75, 3.05) is 19.0 Å². The number of benzene rings is 1. The number of sulfone groups is 2. The molecule has 2 radical (unpaired) electrons. The van der Waals surface area contributed by atoms with Crippen LogP contribution in [0, 0.1) is 5.75 Å². The van der Waals surface area contributed by atoms with Crippen LogP contribution >= 0.6 is 0 Å². The molecule has 1 aromatic rings. The Morgan fingerprint density at radius 2 is 1.38 bits per heavy atom. The van der Waals surface area contributed by atoms with E-state index in [9.17, 15) is 43.2 Å². The fourth-order valence-electron chi connectivity index (χ4n) is 1.50. The highest BCUT2D eigenvalue weighted by Crippen LogP contribution is 2.36. The van der Waals surface area contributed by atoms with Gasteiger partial charge in [-0.1, -0.05) is 12.1 Å². The van der Waals surface area contributed by atoms with Crippen molar-refractivity contribution in [1.82, 2.24) is 0 Å². The molecule has 26 heavy (non-hydrogen) atoms. The van der Waals surface area contributed by atoms with Crippen molar-refractivity contribution < 1.29 is 43.2 Å². The molecule has 0 aliphatic rings. The van der Waals surface area contributed by atoms with Crippen molar-refractivity contribution in [3.05, 3.63) is 40.5 Å². The topological polar surface area (TPSA) is 71.5 Å². The molecule has 0 N–H and O–H groups in total. The Hall–Kier alpha value is -1.76. The lowest BCUT2D eigenvalue weighted by molar-refractivity contribution is -0.0441. The standard InChI is InChI=1S/C13H11F6NO4S2/c1-20(2)10-5-3-9(4-6-10)7-11(26(23,24)13(17,18)19)8-25(21,22)12(14,15)16/h3-7H,1-2H3. The van der Waals surface area contributed by atoms with Gasteiger partial charge in [0.2, 0.25) is 0 Å². The molecule has 0 saturated carbocycles. The van der Waals surface area contributed by atoms with E-state index in [0.29, 0.717) is 11.4 Å². The van der Waals surface area contributed by atoms with Crippen molar-refractivity contribution in [2.24, 2.45) is 0 Å². The summed E-state index contributed by atoms with van der Waals surface area (Å²) in [4.78, 5) is -0.576. The molecule has 0 spiro atoms. The van der Waals surface area contributed by atoms with Crippen molar-refractivity contribution in [2.45, 2.75) is 11.0 Å². The summed E-state index contributed by atoms with van der Waals surface area (Å²) in [7, 11) is -9.53. The van der Waals surface area contributed by atoms with Crippen LogP contribution in [0.15, 0.2) is 29.2 Å². The zero-order valence-corrected chi connectivity index (χ0v) is 14.7. The fraction of sp³-hybridized carbons (Fsp3) is 0.308. The number of hydrogen-bond donors (Lipinski definition) is 0. The second-order valence-electron chi connectivity index (χ2n) is 4.99. The van der Waals surface area contributed by atoms with Crippen LogP contribution in [0.1, 0.15) is 5.56 Å². The summed E-state index contributed by atoms with van der Waals surface area (Å²) in [5.74, 6) is 0.456. The van der Waals surface area contributed by atoms with Gasteiger partial charge in [0.15, 0.2) is 5.75 Å². The van der Waals surface area contributed by atoms with Crippen LogP contribution in [0.25, 0.3) is 6.08 Å². The smallest absolute Gasteiger partial charge is 0.378 e. The predicted octanol–water partition coefficient (Wildman–Crippen LogP) is 3.00. The Balaban J connectivity index is 3.51. The van der Waals surface area contributed by atoms with Crippen LogP contribution in [-0.2, 0) is 19.7 Å². The van der Waals surface area contributed by atoms with E-state index in [1.807, 2.05) is 0 Å². The summed E-state index contributed by atoms with van der Waals surface area (Å²) in [6.07, 6.45) is 0.144. The van der Waals surface area contributed by atoms with Crippen LogP contribution in [0.4, 0.5) is 32.0 Å². The maximum absolute atomic E-state index is 12.7. The number of anilines is 1. The Bertz CT molecular complexity index is 882.